The number of nitrogens with two attached hydrogens (primary N) is 1. The van der Waals surface area contributed by atoms with E-state index in [0.717, 1.165) is 6.07 Å². The number of benzene rings is 1. The van der Waals surface area contributed by atoms with Gasteiger partial charge >= 0.3 is 6.18 Å². The highest BCUT2D eigenvalue weighted by Crippen LogP contribution is 2.47. The van der Waals surface area contributed by atoms with Crippen molar-refractivity contribution >= 4 is 26.8 Å². The van der Waals surface area contributed by atoms with Gasteiger partial charge in [0.1, 0.15) is 11.9 Å². The van der Waals surface area contributed by atoms with E-state index in [9.17, 15) is 22.8 Å². The van der Waals surface area contributed by atoms with Gasteiger partial charge in [-0.05, 0) is 40.9 Å². The molecule has 8 heteroatoms. The summed E-state index contributed by atoms with van der Waals surface area (Å²) in [5, 5.41) is 9.31. The standard InChI is InChI=1S/C15H12BrF4N3/c16-10-4-12-8(3-11(10)17)9(13(22)15(18,19)20)5-23(12)7-14(6-21)1-2-14/h3-5,13H,1-2,7,22H2/t13-/m0/s1. The fourth-order valence-electron chi connectivity index (χ4n) is 2.65. The Kier molecular flexibility index (Phi) is 3.69. The average Bonchev–Trinajstić information content (AvgIpc) is 3.17. The third-order valence-electron chi connectivity index (χ3n) is 4.21. The second-order valence-electron chi connectivity index (χ2n) is 5.91. The Morgan fingerprint density at radius 1 is 1.39 bits per heavy atom. The molecule has 2 aromatic rings. The van der Waals surface area contributed by atoms with Crippen LogP contribution in [0.25, 0.3) is 10.9 Å². The Hall–Kier alpha value is -1.59. The molecule has 0 radical (unpaired) electrons. The van der Waals surface area contributed by atoms with Crippen LogP contribution in [-0.4, -0.2) is 10.7 Å². The van der Waals surface area contributed by atoms with Gasteiger partial charge in [-0.25, -0.2) is 4.39 Å². The van der Waals surface area contributed by atoms with Crippen molar-refractivity contribution in [2.75, 3.05) is 0 Å². The Labute approximate surface area is 137 Å². The summed E-state index contributed by atoms with van der Waals surface area (Å²) in [7, 11) is 0. The molecule has 1 aliphatic rings. The van der Waals surface area contributed by atoms with Gasteiger partial charge in [0.15, 0.2) is 0 Å². The largest absolute Gasteiger partial charge is 0.407 e. The van der Waals surface area contributed by atoms with Crippen molar-refractivity contribution in [1.29, 1.82) is 5.26 Å². The third-order valence-corrected chi connectivity index (χ3v) is 4.81. The first-order valence-corrected chi connectivity index (χ1v) is 7.67. The second-order valence-corrected chi connectivity index (χ2v) is 6.76. The van der Waals surface area contributed by atoms with Gasteiger partial charge in [0, 0.05) is 29.2 Å². The van der Waals surface area contributed by atoms with Crippen molar-refractivity contribution < 1.29 is 17.6 Å². The molecule has 1 aromatic carbocycles. The first kappa shape index (κ1) is 16.3. The summed E-state index contributed by atoms with van der Waals surface area (Å²) in [4.78, 5) is 0. The molecule has 1 fully saturated rings. The van der Waals surface area contributed by atoms with E-state index in [2.05, 4.69) is 22.0 Å². The summed E-state index contributed by atoms with van der Waals surface area (Å²) in [5.41, 5.74) is 5.00. The van der Waals surface area contributed by atoms with Gasteiger partial charge in [-0.1, -0.05) is 0 Å². The topological polar surface area (TPSA) is 54.7 Å². The number of halogens is 5. The second kappa shape index (κ2) is 5.21. The fourth-order valence-corrected chi connectivity index (χ4v) is 2.98. The van der Waals surface area contributed by atoms with Gasteiger partial charge in [-0.15, -0.1) is 0 Å². The number of fused-ring (bicyclic) bond motifs is 1. The Morgan fingerprint density at radius 3 is 2.57 bits per heavy atom. The van der Waals surface area contributed by atoms with E-state index in [0.29, 0.717) is 18.4 Å². The monoisotopic (exact) mass is 389 g/mol. The van der Waals surface area contributed by atoms with Crippen LogP contribution in [0.5, 0.6) is 0 Å². The van der Waals surface area contributed by atoms with Crippen molar-refractivity contribution in [3.63, 3.8) is 0 Å². The highest BCUT2D eigenvalue weighted by atomic mass is 79.9. The molecule has 0 aliphatic heterocycles. The molecule has 0 bridgehead atoms. The van der Waals surface area contributed by atoms with Gasteiger partial charge in [-0.2, -0.15) is 18.4 Å². The van der Waals surface area contributed by atoms with Crippen molar-refractivity contribution in [2.45, 2.75) is 31.6 Å². The normalized spacial score (nSPS) is 18.0. The quantitative estimate of drug-likeness (QED) is 0.790. The van der Waals surface area contributed by atoms with Gasteiger partial charge in [0.05, 0.1) is 16.0 Å². The van der Waals surface area contributed by atoms with Crippen LogP contribution in [0.2, 0.25) is 0 Å². The molecule has 0 saturated heterocycles. The van der Waals surface area contributed by atoms with Gasteiger partial charge in [0.25, 0.3) is 0 Å². The lowest BCUT2D eigenvalue weighted by Gasteiger charge is -2.14. The molecule has 23 heavy (non-hydrogen) atoms. The number of nitrogens with zero attached hydrogens (tertiary/aromatic N) is 2. The number of aromatic nitrogens is 1. The third kappa shape index (κ3) is 2.83. The number of nitriles is 1. The minimum Gasteiger partial charge on any atom is -0.345 e. The molecular formula is C15H12BrF4N3. The van der Waals surface area contributed by atoms with Crippen LogP contribution < -0.4 is 5.73 Å². The maximum absolute atomic E-state index is 13.8. The van der Waals surface area contributed by atoms with Crippen LogP contribution in [0, 0.1) is 22.6 Å². The van der Waals surface area contributed by atoms with E-state index in [1.165, 1.54) is 12.3 Å². The van der Waals surface area contributed by atoms with E-state index in [-0.39, 0.29) is 22.0 Å². The van der Waals surface area contributed by atoms with Gasteiger partial charge in [0.2, 0.25) is 0 Å². The maximum atomic E-state index is 13.8. The summed E-state index contributed by atoms with van der Waals surface area (Å²) in [5.74, 6) is -0.660. The van der Waals surface area contributed by atoms with Crippen molar-refractivity contribution in [3.8, 4) is 6.07 Å². The lowest BCUT2D eigenvalue weighted by Crippen LogP contribution is -2.28. The number of rotatable bonds is 3. The molecule has 2 N–H and O–H groups in total. The highest BCUT2D eigenvalue weighted by molar-refractivity contribution is 9.10. The summed E-state index contributed by atoms with van der Waals surface area (Å²) in [6.07, 6.45) is -1.94. The molecular weight excluding hydrogens is 378 g/mol. The average molecular weight is 390 g/mol. The first-order valence-electron chi connectivity index (χ1n) is 6.88. The van der Waals surface area contributed by atoms with E-state index < -0.39 is 23.5 Å². The lowest BCUT2D eigenvalue weighted by molar-refractivity contribution is -0.148. The minimum atomic E-state index is -4.63. The van der Waals surface area contributed by atoms with Crippen LogP contribution in [0.3, 0.4) is 0 Å². The predicted molar refractivity (Wildman–Crippen MR) is 79.9 cm³/mol. The van der Waals surface area contributed by atoms with Crippen LogP contribution >= 0.6 is 15.9 Å². The molecule has 1 aromatic heterocycles. The molecule has 122 valence electrons. The van der Waals surface area contributed by atoms with Crippen LogP contribution in [-0.2, 0) is 6.54 Å². The van der Waals surface area contributed by atoms with Crippen LogP contribution in [0.1, 0.15) is 24.4 Å². The maximum Gasteiger partial charge on any atom is 0.407 e. The molecule has 3 rings (SSSR count). The Bertz CT molecular complexity index is 815. The van der Waals surface area contributed by atoms with E-state index in [1.807, 2.05) is 0 Å². The zero-order chi connectivity index (χ0) is 17.0. The minimum absolute atomic E-state index is 0.115. The summed E-state index contributed by atoms with van der Waals surface area (Å²) >= 11 is 3.04. The molecule has 1 heterocycles. The molecule has 0 amide bonds. The summed E-state index contributed by atoms with van der Waals surface area (Å²) < 4.78 is 54.4. The summed E-state index contributed by atoms with van der Waals surface area (Å²) in [6.45, 7) is 0.267. The van der Waals surface area contributed by atoms with Crippen molar-refractivity contribution in [3.05, 3.63) is 34.2 Å². The van der Waals surface area contributed by atoms with E-state index >= 15 is 0 Å². The molecule has 0 unspecified atom stereocenters. The van der Waals surface area contributed by atoms with E-state index in [4.69, 9.17) is 5.73 Å². The van der Waals surface area contributed by atoms with Crippen molar-refractivity contribution in [2.24, 2.45) is 11.1 Å². The van der Waals surface area contributed by atoms with E-state index in [1.54, 1.807) is 4.57 Å². The zero-order valence-corrected chi connectivity index (χ0v) is 13.4. The highest BCUT2D eigenvalue weighted by Gasteiger charge is 2.44. The van der Waals surface area contributed by atoms with Crippen LogP contribution in [0.4, 0.5) is 17.6 Å². The molecule has 3 nitrogen and oxygen atoms in total. The van der Waals surface area contributed by atoms with Gasteiger partial charge in [-0.3, -0.25) is 0 Å². The van der Waals surface area contributed by atoms with Crippen molar-refractivity contribution in [1.82, 2.24) is 4.57 Å². The molecule has 1 atom stereocenters. The summed E-state index contributed by atoms with van der Waals surface area (Å²) in [6, 6.07) is 2.46. The Morgan fingerprint density at radius 2 is 2.04 bits per heavy atom. The number of alkyl halides is 3. The number of hydrogen-bond donors (Lipinski definition) is 1. The first-order chi connectivity index (χ1) is 10.7. The fraction of sp³-hybridized carbons (Fsp3) is 0.400. The van der Waals surface area contributed by atoms with Crippen LogP contribution in [0.15, 0.2) is 22.8 Å². The lowest BCUT2D eigenvalue weighted by atomic mass is 10.1. The molecule has 1 aliphatic carbocycles. The SMILES string of the molecule is N#CC1(Cn2cc([C@H](N)C(F)(F)F)c3cc(F)c(Br)cc32)CC1. The molecule has 0 spiro atoms. The smallest absolute Gasteiger partial charge is 0.345 e. The number of hydrogen-bond acceptors (Lipinski definition) is 2. The Balaban J connectivity index is 2.17. The van der Waals surface area contributed by atoms with Gasteiger partial charge < -0.3 is 10.3 Å². The zero-order valence-electron chi connectivity index (χ0n) is 11.8. The molecule has 1 saturated carbocycles. The predicted octanol–water partition coefficient (Wildman–Crippen LogP) is 4.41.